The van der Waals surface area contributed by atoms with Crippen molar-refractivity contribution >= 4 is 8.80 Å². The van der Waals surface area contributed by atoms with E-state index in [2.05, 4.69) is 19.1 Å². The Balaban J connectivity index is 2.05. The van der Waals surface area contributed by atoms with Crippen LogP contribution >= 0.6 is 0 Å². The minimum absolute atomic E-state index is 0.506. The van der Waals surface area contributed by atoms with Crippen LogP contribution in [0.3, 0.4) is 0 Å². The molecule has 0 N–H and O–H groups in total. The van der Waals surface area contributed by atoms with Gasteiger partial charge in [0.25, 0.3) is 0 Å². The quantitative estimate of drug-likeness (QED) is 0.678. The van der Waals surface area contributed by atoms with Crippen LogP contribution < -0.4 is 4.74 Å². The van der Waals surface area contributed by atoms with E-state index in [1.807, 2.05) is 13.0 Å². The first-order chi connectivity index (χ1) is 11.0. The summed E-state index contributed by atoms with van der Waals surface area (Å²) in [7, 11) is 2.39. The molecule has 2 rings (SSSR count). The van der Waals surface area contributed by atoms with E-state index in [1.165, 1.54) is 5.56 Å². The summed E-state index contributed by atoms with van der Waals surface area (Å²) in [5, 5.41) is 0. The molecule has 1 unspecified atom stereocenters. The first kappa shape index (κ1) is 18.4. The Morgan fingerprint density at radius 3 is 2.48 bits per heavy atom. The summed E-state index contributed by atoms with van der Waals surface area (Å²) in [6.07, 6.45) is 2.75. The van der Waals surface area contributed by atoms with E-state index in [0.717, 1.165) is 36.6 Å². The highest BCUT2D eigenvalue weighted by molar-refractivity contribution is 6.60. The zero-order valence-corrected chi connectivity index (χ0v) is 15.8. The number of fused-ring (bicyclic) bond motifs is 1. The van der Waals surface area contributed by atoms with Crippen LogP contribution in [0.15, 0.2) is 18.2 Å². The Labute approximate surface area is 140 Å². The van der Waals surface area contributed by atoms with Gasteiger partial charge in [-0.25, -0.2) is 0 Å². The molecule has 0 saturated carbocycles. The molecule has 0 fully saturated rings. The maximum Gasteiger partial charge on any atom is 0.500 e. The predicted molar refractivity (Wildman–Crippen MR) is 90.5 cm³/mol. The first-order valence-electron chi connectivity index (χ1n) is 8.10. The zero-order chi connectivity index (χ0) is 16.9. The molecule has 5 nitrogen and oxygen atoms in total. The van der Waals surface area contributed by atoms with Gasteiger partial charge in [0.15, 0.2) is 0 Å². The molecule has 1 aliphatic heterocycles. The third-order valence-corrected chi connectivity index (χ3v) is 7.07. The van der Waals surface area contributed by atoms with Crippen LogP contribution in [0.5, 0.6) is 5.75 Å². The summed E-state index contributed by atoms with van der Waals surface area (Å²) in [5.41, 5.74) is 2.30. The second-order valence-corrected chi connectivity index (χ2v) is 9.10. The maximum atomic E-state index is 6.04. The highest BCUT2D eigenvalue weighted by Crippen LogP contribution is 2.34. The average Bonchev–Trinajstić information content (AvgIpc) is 2.57. The van der Waals surface area contributed by atoms with Crippen LogP contribution in [0.25, 0.3) is 0 Å². The summed E-state index contributed by atoms with van der Waals surface area (Å²) in [5.74, 6) is 0.415. The Morgan fingerprint density at radius 2 is 1.87 bits per heavy atom. The largest absolute Gasteiger partial charge is 0.500 e. The van der Waals surface area contributed by atoms with Gasteiger partial charge in [-0.1, -0.05) is 13.0 Å². The van der Waals surface area contributed by atoms with Gasteiger partial charge < -0.3 is 22.8 Å². The number of ether oxygens (including phenoxy) is 2. The minimum Gasteiger partial charge on any atom is -0.462 e. The third kappa shape index (κ3) is 4.33. The predicted octanol–water partition coefficient (Wildman–Crippen LogP) is 3.53. The molecule has 23 heavy (non-hydrogen) atoms. The van der Waals surface area contributed by atoms with Crippen molar-refractivity contribution in [2.75, 3.05) is 21.3 Å². The van der Waals surface area contributed by atoms with Gasteiger partial charge >= 0.3 is 8.80 Å². The molecular formula is C17H28O5Si. The van der Waals surface area contributed by atoms with E-state index >= 15 is 0 Å². The summed E-state index contributed by atoms with van der Waals surface area (Å²) in [6, 6.07) is 7.01. The third-order valence-electron chi connectivity index (χ3n) is 4.34. The Kier molecular flexibility index (Phi) is 6.22. The van der Waals surface area contributed by atoms with E-state index < -0.39 is 14.6 Å². The van der Waals surface area contributed by atoms with Crippen molar-refractivity contribution in [2.24, 2.45) is 0 Å². The Bertz CT molecular complexity index is 509. The van der Waals surface area contributed by atoms with Crippen molar-refractivity contribution in [3.8, 4) is 5.75 Å². The number of hydrogen-bond donors (Lipinski definition) is 0. The first-order valence-corrected chi connectivity index (χ1v) is 10.0. The van der Waals surface area contributed by atoms with Gasteiger partial charge in [-0.05, 0) is 30.5 Å². The van der Waals surface area contributed by atoms with Crippen LogP contribution in [-0.2, 0) is 31.0 Å². The highest BCUT2D eigenvalue weighted by atomic mass is 28.4. The molecule has 0 amide bonds. The fraction of sp³-hybridized carbons (Fsp3) is 0.647. The standard InChI is InChI=1S/C17H28O5Si/c1-6-10-17(2)21-13-15-12-14(7-8-16(15)22-17)9-11-23(18-3,19-4)20-5/h7-8,12H,6,9-11,13H2,1-5H3. The van der Waals surface area contributed by atoms with Crippen molar-refractivity contribution < 1.29 is 22.8 Å². The summed E-state index contributed by atoms with van der Waals surface area (Å²) >= 11 is 0. The van der Waals surface area contributed by atoms with Gasteiger partial charge in [0.1, 0.15) is 5.75 Å². The minimum atomic E-state index is -2.53. The van der Waals surface area contributed by atoms with Crippen LogP contribution in [0, 0.1) is 0 Å². The lowest BCUT2D eigenvalue weighted by atomic mass is 10.1. The number of benzene rings is 1. The molecule has 0 bridgehead atoms. The van der Waals surface area contributed by atoms with E-state index in [0.29, 0.717) is 6.61 Å². The smallest absolute Gasteiger partial charge is 0.462 e. The Hall–Kier alpha value is -0.923. The molecule has 1 aliphatic rings. The molecule has 1 heterocycles. The number of aryl methyl sites for hydroxylation is 1. The molecule has 1 atom stereocenters. The summed E-state index contributed by atoms with van der Waals surface area (Å²) < 4.78 is 28.4. The molecule has 1 aromatic rings. The van der Waals surface area contributed by atoms with Gasteiger partial charge in [-0.2, -0.15) is 0 Å². The summed E-state index contributed by atoms with van der Waals surface area (Å²) in [4.78, 5) is 0. The second-order valence-electron chi connectivity index (χ2n) is 6.01. The van der Waals surface area contributed by atoms with E-state index in [9.17, 15) is 0 Å². The second kappa shape index (κ2) is 7.77. The van der Waals surface area contributed by atoms with Crippen LogP contribution in [0.1, 0.15) is 37.8 Å². The number of hydrogen-bond acceptors (Lipinski definition) is 5. The lowest BCUT2D eigenvalue weighted by Gasteiger charge is -2.35. The normalized spacial score (nSPS) is 20.9. The van der Waals surface area contributed by atoms with E-state index in [4.69, 9.17) is 22.8 Å². The van der Waals surface area contributed by atoms with Gasteiger partial charge in [0.05, 0.1) is 6.61 Å². The average molecular weight is 340 g/mol. The van der Waals surface area contributed by atoms with Crippen LogP contribution in [0.4, 0.5) is 0 Å². The molecular weight excluding hydrogens is 312 g/mol. The molecule has 6 heteroatoms. The van der Waals surface area contributed by atoms with E-state index in [-0.39, 0.29) is 0 Å². The fourth-order valence-electron chi connectivity index (χ4n) is 2.92. The fourth-order valence-corrected chi connectivity index (χ4v) is 4.63. The van der Waals surface area contributed by atoms with Gasteiger partial charge in [0, 0.05) is 46.3 Å². The monoisotopic (exact) mass is 340 g/mol. The maximum absolute atomic E-state index is 6.04. The molecule has 130 valence electrons. The van der Waals surface area contributed by atoms with Crippen molar-refractivity contribution in [2.45, 2.75) is 51.5 Å². The molecule has 0 saturated heterocycles. The van der Waals surface area contributed by atoms with Crippen LogP contribution in [-0.4, -0.2) is 35.9 Å². The van der Waals surface area contributed by atoms with Gasteiger partial charge in [0.2, 0.25) is 5.79 Å². The molecule has 0 radical (unpaired) electrons. The zero-order valence-electron chi connectivity index (χ0n) is 14.8. The highest BCUT2D eigenvalue weighted by Gasteiger charge is 2.37. The SMILES string of the molecule is CCCC1(C)OCc2cc(CC[Si](OC)(OC)OC)ccc2O1. The van der Waals surface area contributed by atoms with Crippen molar-refractivity contribution in [1.82, 2.24) is 0 Å². The summed E-state index contributed by atoms with van der Waals surface area (Å²) in [6.45, 7) is 4.72. The van der Waals surface area contributed by atoms with Crippen molar-refractivity contribution in [1.29, 1.82) is 0 Å². The number of rotatable bonds is 8. The van der Waals surface area contributed by atoms with Crippen molar-refractivity contribution in [3.63, 3.8) is 0 Å². The topological polar surface area (TPSA) is 46.2 Å². The lowest BCUT2D eigenvalue weighted by Crippen LogP contribution is -2.43. The van der Waals surface area contributed by atoms with Crippen LogP contribution in [0.2, 0.25) is 6.04 Å². The van der Waals surface area contributed by atoms with Gasteiger partial charge in [-0.3, -0.25) is 0 Å². The molecule has 0 spiro atoms. The van der Waals surface area contributed by atoms with Gasteiger partial charge in [-0.15, -0.1) is 0 Å². The molecule has 1 aromatic carbocycles. The molecule has 0 aromatic heterocycles. The van der Waals surface area contributed by atoms with Crippen molar-refractivity contribution in [3.05, 3.63) is 29.3 Å². The Morgan fingerprint density at radius 1 is 1.17 bits per heavy atom. The molecule has 0 aliphatic carbocycles. The van der Waals surface area contributed by atoms with E-state index in [1.54, 1.807) is 21.3 Å². The lowest BCUT2D eigenvalue weighted by molar-refractivity contribution is -0.197.